The molecular formula is C16H21N3. The number of rotatable bonds is 3. The van der Waals surface area contributed by atoms with Crippen molar-refractivity contribution in [2.24, 2.45) is 0 Å². The van der Waals surface area contributed by atoms with Crippen LogP contribution in [0.25, 0.3) is 11.4 Å². The molecule has 1 aliphatic carbocycles. The van der Waals surface area contributed by atoms with Crippen molar-refractivity contribution in [2.75, 3.05) is 0 Å². The highest BCUT2D eigenvalue weighted by atomic mass is 15.2. The third-order valence-corrected chi connectivity index (χ3v) is 4.08. The number of hydrogen-bond acceptors (Lipinski definition) is 2. The quantitative estimate of drug-likeness (QED) is 0.890. The van der Waals surface area contributed by atoms with Crippen molar-refractivity contribution in [1.29, 1.82) is 0 Å². The summed E-state index contributed by atoms with van der Waals surface area (Å²) in [6.45, 7) is 4.42. The Balaban J connectivity index is 1.81. The summed E-state index contributed by atoms with van der Waals surface area (Å²) < 4.78 is 0. The maximum Gasteiger partial charge on any atom is 0.181 e. The van der Waals surface area contributed by atoms with Crippen LogP contribution in [-0.4, -0.2) is 15.2 Å². The van der Waals surface area contributed by atoms with Crippen molar-refractivity contribution < 1.29 is 0 Å². The van der Waals surface area contributed by atoms with Crippen LogP contribution in [0, 0.1) is 0 Å². The Morgan fingerprint density at radius 2 is 1.79 bits per heavy atom. The summed E-state index contributed by atoms with van der Waals surface area (Å²) in [6.07, 6.45) is 5.15. The van der Waals surface area contributed by atoms with E-state index in [1.807, 2.05) is 0 Å². The van der Waals surface area contributed by atoms with Gasteiger partial charge in [-0.3, -0.25) is 5.10 Å². The number of H-pyrrole nitrogens is 1. The third-order valence-electron chi connectivity index (χ3n) is 4.08. The van der Waals surface area contributed by atoms with E-state index in [0.29, 0.717) is 11.8 Å². The fourth-order valence-corrected chi connectivity index (χ4v) is 2.80. The standard InChI is InChI=1S/C16H21N3/c1-11(2)12-7-9-14(10-8-12)16-17-15(18-19-16)13-5-3-4-6-13/h7-11,13H,3-6H2,1-2H3,(H,17,18,19). The van der Waals surface area contributed by atoms with Gasteiger partial charge in [0.05, 0.1) is 0 Å². The number of aromatic amines is 1. The molecule has 0 saturated heterocycles. The second kappa shape index (κ2) is 5.16. The molecule has 1 heterocycles. The number of nitrogens with zero attached hydrogens (tertiary/aromatic N) is 2. The van der Waals surface area contributed by atoms with Gasteiger partial charge in [-0.1, -0.05) is 51.0 Å². The Labute approximate surface area is 114 Å². The predicted molar refractivity (Wildman–Crippen MR) is 77.1 cm³/mol. The Bertz CT molecular complexity index is 533. The van der Waals surface area contributed by atoms with Crippen LogP contribution in [-0.2, 0) is 0 Å². The molecular weight excluding hydrogens is 234 g/mol. The molecule has 0 bridgehead atoms. The van der Waals surface area contributed by atoms with Crippen molar-refractivity contribution in [3.8, 4) is 11.4 Å². The van der Waals surface area contributed by atoms with E-state index in [2.05, 4.69) is 53.3 Å². The van der Waals surface area contributed by atoms with E-state index in [9.17, 15) is 0 Å². The molecule has 1 N–H and O–H groups in total. The molecule has 3 nitrogen and oxygen atoms in total. The minimum atomic E-state index is 0.565. The van der Waals surface area contributed by atoms with Gasteiger partial charge in [-0.05, 0) is 24.3 Å². The SMILES string of the molecule is CC(C)c1ccc(-c2n[nH]c(C3CCCC3)n2)cc1. The average Bonchev–Trinajstić information content (AvgIpc) is 3.10. The highest BCUT2D eigenvalue weighted by Gasteiger charge is 2.20. The van der Waals surface area contributed by atoms with Crippen LogP contribution in [0.3, 0.4) is 0 Å². The van der Waals surface area contributed by atoms with Gasteiger partial charge in [0, 0.05) is 11.5 Å². The first-order valence-corrected chi connectivity index (χ1v) is 7.26. The summed E-state index contributed by atoms with van der Waals surface area (Å²) in [5.41, 5.74) is 2.46. The van der Waals surface area contributed by atoms with Crippen molar-refractivity contribution >= 4 is 0 Å². The average molecular weight is 255 g/mol. The van der Waals surface area contributed by atoms with Gasteiger partial charge < -0.3 is 0 Å². The van der Waals surface area contributed by atoms with Crippen molar-refractivity contribution in [3.63, 3.8) is 0 Å². The zero-order valence-electron chi connectivity index (χ0n) is 11.7. The smallest absolute Gasteiger partial charge is 0.181 e. The topological polar surface area (TPSA) is 41.6 Å². The summed E-state index contributed by atoms with van der Waals surface area (Å²) in [4.78, 5) is 4.67. The second-order valence-corrected chi connectivity index (χ2v) is 5.80. The third kappa shape index (κ3) is 2.55. The van der Waals surface area contributed by atoms with Crippen LogP contribution in [0.15, 0.2) is 24.3 Å². The lowest BCUT2D eigenvalue weighted by Crippen LogP contribution is -1.94. The lowest BCUT2D eigenvalue weighted by Gasteiger charge is -2.05. The summed E-state index contributed by atoms with van der Waals surface area (Å²) in [7, 11) is 0. The normalized spacial score (nSPS) is 16.4. The van der Waals surface area contributed by atoms with Gasteiger partial charge in [0.25, 0.3) is 0 Å². The molecule has 0 atom stereocenters. The molecule has 1 aliphatic rings. The van der Waals surface area contributed by atoms with Crippen LogP contribution in [0.5, 0.6) is 0 Å². The predicted octanol–water partition coefficient (Wildman–Crippen LogP) is 4.25. The highest BCUT2D eigenvalue weighted by molar-refractivity contribution is 5.55. The molecule has 0 radical (unpaired) electrons. The molecule has 3 heteroatoms. The molecule has 0 aliphatic heterocycles. The van der Waals surface area contributed by atoms with Gasteiger partial charge in [-0.25, -0.2) is 4.98 Å². The van der Waals surface area contributed by atoms with Gasteiger partial charge in [0.2, 0.25) is 0 Å². The Morgan fingerprint density at radius 3 is 2.42 bits per heavy atom. The van der Waals surface area contributed by atoms with Gasteiger partial charge in [-0.15, -0.1) is 0 Å². The molecule has 19 heavy (non-hydrogen) atoms. The Morgan fingerprint density at radius 1 is 1.11 bits per heavy atom. The van der Waals surface area contributed by atoms with E-state index >= 15 is 0 Å². The van der Waals surface area contributed by atoms with E-state index in [-0.39, 0.29) is 0 Å². The first kappa shape index (κ1) is 12.4. The van der Waals surface area contributed by atoms with Crippen molar-refractivity contribution in [1.82, 2.24) is 15.2 Å². The van der Waals surface area contributed by atoms with Crippen LogP contribution < -0.4 is 0 Å². The van der Waals surface area contributed by atoms with E-state index in [4.69, 9.17) is 0 Å². The molecule has 1 saturated carbocycles. The molecule has 2 aromatic rings. The monoisotopic (exact) mass is 255 g/mol. The zero-order valence-corrected chi connectivity index (χ0v) is 11.7. The van der Waals surface area contributed by atoms with Gasteiger partial charge in [0.15, 0.2) is 5.82 Å². The summed E-state index contributed by atoms with van der Waals surface area (Å²) in [5, 5.41) is 7.49. The minimum absolute atomic E-state index is 0.565. The number of benzene rings is 1. The largest absolute Gasteiger partial charge is 0.262 e. The van der Waals surface area contributed by atoms with Crippen LogP contribution >= 0.6 is 0 Å². The van der Waals surface area contributed by atoms with Crippen LogP contribution in [0.4, 0.5) is 0 Å². The number of aromatic nitrogens is 3. The van der Waals surface area contributed by atoms with E-state index < -0.39 is 0 Å². The Kier molecular flexibility index (Phi) is 3.36. The van der Waals surface area contributed by atoms with E-state index in [1.54, 1.807) is 0 Å². The molecule has 0 amide bonds. The lowest BCUT2D eigenvalue weighted by atomic mass is 10.0. The van der Waals surface area contributed by atoms with Crippen LogP contribution in [0.1, 0.15) is 62.8 Å². The van der Waals surface area contributed by atoms with Crippen molar-refractivity contribution in [2.45, 2.75) is 51.4 Å². The molecule has 1 aromatic carbocycles. The fourth-order valence-electron chi connectivity index (χ4n) is 2.80. The maximum absolute atomic E-state index is 4.67. The first-order chi connectivity index (χ1) is 9.24. The fraction of sp³-hybridized carbons (Fsp3) is 0.500. The number of nitrogens with one attached hydrogen (secondary N) is 1. The summed E-state index contributed by atoms with van der Waals surface area (Å²) >= 11 is 0. The molecule has 1 fully saturated rings. The minimum Gasteiger partial charge on any atom is -0.262 e. The van der Waals surface area contributed by atoms with Gasteiger partial charge >= 0.3 is 0 Å². The molecule has 0 unspecified atom stereocenters. The van der Waals surface area contributed by atoms with E-state index in [0.717, 1.165) is 17.2 Å². The lowest BCUT2D eigenvalue weighted by molar-refractivity contribution is 0.672. The zero-order chi connectivity index (χ0) is 13.2. The van der Waals surface area contributed by atoms with Gasteiger partial charge in [-0.2, -0.15) is 5.10 Å². The van der Waals surface area contributed by atoms with Gasteiger partial charge in [0.1, 0.15) is 5.82 Å². The molecule has 100 valence electrons. The molecule has 0 spiro atoms. The number of hydrogen-bond donors (Lipinski definition) is 1. The molecule has 1 aromatic heterocycles. The Hall–Kier alpha value is -1.64. The van der Waals surface area contributed by atoms with Crippen LogP contribution in [0.2, 0.25) is 0 Å². The van der Waals surface area contributed by atoms with E-state index in [1.165, 1.54) is 31.2 Å². The first-order valence-electron chi connectivity index (χ1n) is 7.26. The summed E-state index contributed by atoms with van der Waals surface area (Å²) in [5.74, 6) is 3.06. The molecule has 3 rings (SSSR count). The van der Waals surface area contributed by atoms with Crippen molar-refractivity contribution in [3.05, 3.63) is 35.7 Å². The summed E-state index contributed by atoms with van der Waals surface area (Å²) in [6, 6.07) is 8.59. The maximum atomic E-state index is 4.67. The highest BCUT2D eigenvalue weighted by Crippen LogP contribution is 2.32. The second-order valence-electron chi connectivity index (χ2n) is 5.80.